The average Bonchev–Trinajstić information content (AvgIpc) is 2.34. The van der Waals surface area contributed by atoms with Crippen molar-refractivity contribution >= 4 is 44.8 Å². The molecule has 0 saturated heterocycles. The first-order chi connectivity index (χ1) is 8.77. The Morgan fingerprint density at radius 3 is 2.32 bits per heavy atom. The minimum absolute atomic E-state index is 0.0923. The second-order valence-corrected chi connectivity index (χ2v) is 7.69. The second-order valence-electron chi connectivity index (χ2n) is 3.61. The lowest BCUT2D eigenvalue weighted by Gasteiger charge is -2.25. The van der Waals surface area contributed by atoms with Gasteiger partial charge in [0.25, 0.3) is 0 Å². The van der Waals surface area contributed by atoms with Gasteiger partial charge in [0.1, 0.15) is 6.17 Å². The fraction of sp³-hybridized carbons (Fsp3) is 0.273. The molecule has 0 amide bonds. The minimum Gasteiger partial charge on any atom is -0.294 e. The molecule has 19 heavy (non-hydrogen) atoms. The van der Waals surface area contributed by atoms with Gasteiger partial charge in [0, 0.05) is 6.54 Å². The maximum atomic E-state index is 12.1. The number of alkyl halides is 3. The van der Waals surface area contributed by atoms with Gasteiger partial charge < -0.3 is 0 Å². The van der Waals surface area contributed by atoms with Gasteiger partial charge in [-0.2, -0.15) is 4.72 Å². The highest BCUT2D eigenvalue weighted by Gasteiger charge is 2.35. The predicted octanol–water partition coefficient (Wildman–Crippen LogP) is 2.44. The monoisotopic (exact) mass is 342 g/mol. The Balaban J connectivity index is 2.93. The highest BCUT2D eigenvalue weighted by atomic mass is 35.6. The topological polar surface area (TPSA) is 58.2 Å². The molecular formula is C11H13Cl3N2O2S. The van der Waals surface area contributed by atoms with E-state index in [2.05, 4.69) is 16.6 Å². The largest absolute Gasteiger partial charge is 0.294 e. The molecule has 1 aromatic rings. The Labute approximate surface area is 127 Å². The van der Waals surface area contributed by atoms with Crippen LogP contribution in [0.3, 0.4) is 0 Å². The Kier molecular flexibility index (Phi) is 6.11. The zero-order valence-electron chi connectivity index (χ0n) is 9.81. The fourth-order valence-electron chi connectivity index (χ4n) is 1.25. The zero-order valence-corrected chi connectivity index (χ0v) is 12.9. The lowest BCUT2D eigenvalue weighted by atomic mass is 10.4. The summed E-state index contributed by atoms with van der Waals surface area (Å²) in [4.78, 5) is 0.0923. The standard InChI is InChI=1S/C11H13Cl3N2O2S/c1-2-8-15-10(11(12,13)14)16-19(17,18)9-6-4-3-5-7-9/h2-7,10,15-16H,1,8H2. The van der Waals surface area contributed by atoms with E-state index in [1.165, 1.54) is 18.2 Å². The predicted molar refractivity (Wildman–Crippen MR) is 79.0 cm³/mol. The lowest BCUT2D eigenvalue weighted by Crippen LogP contribution is -2.53. The number of halogens is 3. The molecule has 0 heterocycles. The Bertz CT molecular complexity index is 514. The van der Waals surface area contributed by atoms with Crippen LogP contribution in [0.15, 0.2) is 47.9 Å². The van der Waals surface area contributed by atoms with E-state index in [9.17, 15) is 8.42 Å². The van der Waals surface area contributed by atoms with Gasteiger partial charge in [-0.15, -0.1) is 6.58 Å². The van der Waals surface area contributed by atoms with Gasteiger partial charge in [0.2, 0.25) is 13.8 Å². The first-order valence-corrected chi connectivity index (χ1v) is 7.87. The van der Waals surface area contributed by atoms with Crippen LogP contribution in [0.25, 0.3) is 0 Å². The summed E-state index contributed by atoms with van der Waals surface area (Å²) < 4.78 is 24.7. The fourth-order valence-corrected chi connectivity index (χ4v) is 3.06. The number of nitrogens with one attached hydrogen (secondary N) is 2. The number of rotatable bonds is 6. The summed E-state index contributed by atoms with van der Waals surface area (Å²) in [6, 6.07) is 7.82. The minimum atomic E-state index is -3.77. The van der Waals surface area contributed by atoms with Crippen molar-refractivity contribution in [2.24, 2.45) is 0 Å². The van der Waals surface area contributed by atoms with Gasteiger partial charge in [-0.1, -0.05) is 59.1 Å². The maximum absolute atomic E-state index is 12.1. The van der Waals surface area contributed by atoms with Crippen molar-refractivity contribution in [3.05, 3.63) is 43.0 Å². The molecule has 0 aliphatic rings. The molecule has 0 aliphatic carbocycles. The smallest absolute Gasteiger partial charge is 0.242 e. The molecule has 0 fully saturated rings. The summed E-state index contributed by atoms with van der Waals surface area (Å²) in [6.07, 6.45) is 0.459. The molecule has 0 aliphatic heterocycles. The Morgan fingerprint density at radius 2 is 1.84 bits per heavy atom. The van der Waals surface area contributed by atoms with Gasteiger partial charge in [-0.3, -0.25) is 5.32 Å². The van der Waals surface area contributed by atoms with E-state index in [1.807, 2.05) is 0 Å². The summed E-state index contributed by atoms with van der Waals surface area (Å²) in [5, 5.41) is 2.73. The molecule has 106 valence electrons. The molecule has 2 N–H and O–H groups in total. The van der Waals surface area contributed by atoms with Crippen molar-refractivity contribution < 1.29 is 8.42 Å². The van der Waals surface area contributed by atoms with Crippen LogP contribution in [0.2, 0.25) is 0 Å². The molecule has 0 saturated carbocycles. The number of sulfonamides is 1. The second kappa shape index (κ2) is 6.92. The average molecular weight is 344 g/mol. The van der Waals surface area contributed by atoms with Gasteiger partial charge in [-0.05, 0) is 12.1 Å². The maximum Gasteiger partial charge on any atom is 0.242 e. The molecule has 1 atom stereocenters. The summed E-state index contributed by atoms with van der Waals surface area (Å²) >= 11 is 17.2. The lowest BCUT2D eigenvalue weighted by molar-refractivity contribution is 0.499. The van der Waals surface area contributed by atoms with Crippen LogP contribution in [-0.2, 0) is 10.0 Å². The molecule has 1 aromatic carbocycles. The molecule has 0 aromatic heterocycles. The number of benzene rings is 1. The summed E-state index contributed by atoms with van der Waals surface area (Å²) in [7, 11) is -3.77. The Hall–Kier alpha value is -0.300. The first kappa shape index (κ1) is 16.8. The molecule has 1 unspecified atom stereocenters. The van der Waals surface area contributed by atoms with Gasteiger partial charge in [0.05, 0.1) is 4.90 Å². The SMILES string of the molecule is C=CCNC(NS(=O)(=O)c1ccccc1)C(Cl)(Cl)Cl. The van der Waals surface area contributed by atoms with Crippen LogP contribution < -0.4 is 10.0 Å². The molecule has 0 spiro atoms. The van der Waals surface area contributed by atoms with Crippen molar-refractivity contribution in [2.75, 3.05) is 6.54 Å². The molecular weight excluding hydrogens is 331 g/mol. The van der Waals surface area contributed by atoms with Crippen LogP contribution in [0.5, 0.6) is 0 Å². The van der Waals surface area contributed by atoms with Crippen LogP contribution in [0.4, 0.5) is 0 Å². The van der Waals surface area contributed by atoms with Crippen LogP contribution in [-0.4, -0.2) is 24.9 Å². The van der Waals surface area contributed by atoms with Crippen molar-refractivity contribution in [1.82, 2.24) is 10.0 Å². The van der Waals surface area contributed by atoms with E-state index in [0.29, 0.717) is 0 Å². The van der Waals surface area contributed by atoms with E-state index in [1.54, 1.807) is 18.2 Å². The zero-order chi connectivity index (χ0) is 14.5. The highest BCUT2D eigenvalue weighted by molar-refractivity contribution is 7.89. The van der Waals surface area contributed by atoms with Gasteiger partial charge >= 0.3 is 0 Å². The quantitative estimate of drug-likeness (QED) is 0.474. The highest BCUT2D eigenvalue weighted by Crippen LogP contribution is 2.29. The third kappa shape index (κ3) is 5.30. The molecule has 4 nitrogen and oxygen atoms in total. The number of hydrogen-bond donors (Lipinski definition) is 2. The summed E-state index contributed by atoms with van der Waals surface area (Å²) in [5.74, 6) is 0. The third-order valence-corrected chi connectivity index (χ3v) is 4.21. The molecule has 0 bridgehead atoms. The summed E-state index contributed by atoms with van der Waals surface area (Å²) in [5.41, 5.74) is 0. The van der Waals surface area contributed by atoms with Crippen molar-refractivity contribution in [1.29, 1.82) is 0 Å². The Morgan fingerprint density at radius 1 is 1.26 bits per heavy atom. The number of hydrogen-bond acceptors (Lipinski definition) is 3. The van der Waals surface area contributed by atoms with Crippen LogP contribution in [0.1, 0.15) is 0 Å². The van der Waals surface area contributed by atoms with E-state index in [4.69, 9.17) is 34.8 Å². The molecule has 1 rings (SSSR count). The molecule has 8 heteroatoms. The van der Waals surface area contributed by atoms with Crippen molar-refractivity contribution in [2.45, 2.75) is 14.9 Å². The van der Waals surface area contributed by atoms with Gasteiger partial charge in [0.15, 0.2) is 0 Å². The van der Waals surface area contributed by atoms with Crippen LogP contribution >= 0.6 is 34.8 Å². The van der Waals surface area contributed by atoms with E-state index >= 15 is 0 Å². The van der Waals surface area contributed by atoms with Crippen molar-refractivity contribution in [3.8, 4) is 0 Å². The third-order valence-electron chi connectivity index (χ3n) is 2.12. The van der Waals surface area contributed by atoms with Crippen molar-refractivity contribution in [3.63, 3.8) is 0 Å². The molecule has 0 radical (unpaired) electrons. The summed E-state index contributed by atoms with van der Waals surface area (Å²) in [6.45, 7) is 3.79. The normalized spacial score (nSPS) is 14.1. The van der Waals surface area contributed by atoms with E-state index in [-0.39, 0.29) is 11.4 Å². The van der Waals surface area contributed by atoms with E-state index in [0.717, 1.165) is 0 Å². The van der Waals surface area contributed by atoms with E-state index < -0.39 is 20.0 Å². The van der Waals surface area contributed by atoms with Gasteiger partial charge in [-0.25, -0.2) is 8.42 Å². The van der Waals surface area contributed by atoms with Crippen LogP contribution in [0, 0.1) is 0 Å². The first-order valence-electron chi connectivity index (χ1n) is 5.26.